The van der Waals surface area contributed by atoms with Crippen molar-refractivity contribution in [1.29, 1.82) is 0 Å². The van der Waals surface area contributed by atoms with Gasteiger partial charge in [-0.25, -0.2) is 4.98 Å². The van der Waals surface area contributed by atoms with Crippen LogP contribution in [0, 0.1) is 6.92 Å². The Balaban J connectivity index is 2.23. The Morgan fingerprint density at radius 3 is 2.81 bits per heavy atom. The number of pyridine rings is 1. The molecule has 1 aromatic rings. The first-order chi connectivity index (χ1) is 7.72. The van der Waals surface area contributed by atoms with Crippen molar-refractivity contribution in [1.82, 2.24) is 4.98 Å². The summed E-state index contributed by atoms with van der Waals surface area (Å²) in [4.78, 5) is 6.53. The maximum Gasteiger partial charge on any atom is 0.152 e. The van der Waals surface area contributed by atoms with Crippen LogP contribution in [0.2, 0.25) is 0 Å². The standard InChI is InChI=1S/C12H19N3O/c1-9-7-11(13)12(14-8-9)15(5-6-16)10-3-2-4-10/h7-8,10,16H,2-6,13H2,1H3. The Kier molecular flexibility index (Phi) is 3.29. The monoisotopic (exact) mass is 221 g/mol. The molecule has 1 aromatic heterocycles. The quantitative estimate of drug-likeness (QED) is 0.805. The molecule has 1 heterocycles. The molecule has 4 heteroatoms. The molecule has 4 nitrogen and oxygen atoms in total. The third kappa shape index (κ3) is 2.11. The molecule has 0 bridgehead atoms. The first kappa shape index (κ1) is 11.2. The summed E-state index contributed by atoms with van der Waals surface area (Å²) in [6, 6.07) is 2.44. The summed E-state index contributed by atoms with van der Waals surface area (Å²) in [5, 5.41) is 9.10. The van der Waals surface area contributed by atoms with Crippen molar-refractivity contribution in [2.24, 2.45) is 0 Å². The molecule has 0 spiro atoms. The number of anilines is 2. The van der Waals surface area contributed by atoms with Crippen LogP contribution in [0.3, 0.4) is 0 Å². The third-order valence-corrected chi connectivity index (χ3v) is 3.16. The summed E-state index contributed by atoms with van der Waals surface area (Å²) >= 11 is 0. The highest BCUT2D eigenvalue weighted by molar-refractivity contribution is 5.64. The molecular weight excluding hydrogens is 202 g/mol. The molecule has 1 saturated carbocycles. The zero-order chi connectivity index (χ0) is 11.5. The van der Waals surface area contributed by atoms with E-state index in [2.05, 4.69) is 9.88 Å². The molecule has 0 aliphatic heterocycles. The fraction of sp³-hybridized carbons (Fsp3) is 0.583. The van der Waals surface area contributed by atoms with Gasteiger partial charge < -0.3 is 15.7 Å². The lowest BCUT2D eigenvalue weighted by Gasteiger charge is -2.38. The lowest BCUT2D eigenvalue weighted by atomic mass is 9.91. The van der Waals surface area contributed by atoms with Crippen molar-refractivity contribution in [3.05, 3.63) is 17.8 Å². The number of aliphatic hydroxyl groups is 1. The molecule has 16 heavy (non-hydrogen) atoms. The van der Waals surface area contributed by atoms with E-state index in [-0.39, 0.29) is 6.61 Å². The molecule has 88 valence electrons. The minimum absolute atomic E-state index is 0.144. The van der Waals surface area contributed by atoms with Gasteiger partial charge in [0.15, 0.2) is 5.82 Å². The summed E-state index contributed by atoms with van der Waals surface area (Å²) < 4.78 is 0. The van der Waals surface area contributed by atoms with E-state index in [1.54, 1.807) is 0 Å². The van der Waals surface area contributed by atoms with Crippen LogP contribution in [0.4, 0.5) is 11.5 Å². The van der Waals surface area contributed by atoms with Crippen molar-refractivity contribution in [2.45, 2.75) is 32.2 Å². The highest BCUT2D eigenvalue weighted by Gasteiger charge is 2.26. The second-order valence-corrected chi connectivity index (χ2v) is 4.43. The van der Waals surface area contributed by atoms with Gasteiger partial charge in [0.1, 0.15) is 0 Å². The first-order valence-corrected chi connectivity index (χ1v) is 5.82. The van der Waals surface area contributed by atoms with Gasteiger partial charge in [0.25, 0.3) is 0 Å². The largest absolute Gasteiger partial charge is 0.396 e. The number of aliphatic hydroxyl groups excluding tert-OH is 1. The second kappa shape index (κ2) is 4.70. The maximum atomic E-state index is 9.10. The van der Waals surface area contributed by atoms with Crippen LogP contribution in [0.25, 0.3) is 0 Å². The second-order valence-electron chi connectivity index (χ2n) is 4.43. The summed E-state index contributed by atoms with van der Waals surface area (Å²) in [6.45, 7) is 2.74. The van der Waals surface area contributed by atoms with Gasteiger partial charge in [-0.15, -0.1) is 0 Å². The Bertz CT molecular complexity index is 363. The predicted octanol–water partition coefficient (Wildman–Crippen LogP) is 1.32. The van der Waals surface area contributed by atoms with Crippen molar-refractivity contribution in [3.8, 4) is 0 Å². The Morgan fingerprint density at radius 2 is 2.31 bits per heavy atom. The lowest BCUT2D eigenvalue weighted by molar-refractivity contribution is 0.283. The average Bonchev–Trinajstić information content (AvgIpc) is 2.14. The molecule has 0 amide bonds. The van der Waals surface area contributed by atoms with Gasteiger partial charge in [0.05, 0.1) is 12.3 Å². The van der Waals surface area contributed by atoms with Gasteiger partial charge in [-0.05, 0) is 37.8 Å². The number of aromatic nitrogens is 1. The molecular formula is C12H19N3O. The van der Waals surface area contributed by atoms with Gasteiger partial charge in [0, 0.05) is 18.8 Å². The van der Waals surface area contributed by atoms with E-state index < -0.39 is 0 Å². The Hall–Kier alpha value is -1.29. The van der Waals surface area contributed by atoms with E-state index in [0.29, 0.717) is 18.3 Å². The van der Waals surface area contributed by atoms with Crippen LogP contribution in [0.5, 0.6) is 0 Å². The summed E-state index contributed by atoms with van der Waals surface area (Å²) in [5.74, 6) is 0.823. The maximum absolute atomic E-state index is 9.10. The summed E-state index contributed by atoms with van der Waals surface area (Å²) in [7, 11) is 0. The molecule has 3 N–H and O–H groups in total. The van der Waals surface area contributed by atoms with Crippen LogP contribution in [0.15, 0.2) is 12.3 Å². The van der Waals surface area contributed by atoms with Crippen LogP contribution in [0.1, 0.15) is 24.8 Å². The predicted molar refractivity (Wildman–Crippen MR) is 65.5 cm³/mol. The number of nitrogens with zero attached hydrogens (tertiary/aromatic N) is 2. The van der Waals surface area contributed by atoms with Crippen molar-refractivity contribution < 1.29 is 5.11 Å². The fourth-order valence-electron chi connectivity index (χ4n) is 2.09. The number of hydrogen-bond acceptors (Lipinski definition) is 4. The average molecular weight is 221 g/mol. The molecule has 0 aromatic carbocycles. The molecule has 0 radical (unpaired) electrons. The molecule has 0 saturated heterocycles. The first-order valence-electron chi connectivity index (χ1n) is 5.82. The Morgan fingerprint density at radius 1 is 1.56 bits per heavy atom. The smallest absolute Gasteiger partial charge is 0.152 e. The number of nitrogens with two attached hydrogens (primary N) is 1. The summed E-state index contributed by atoms with van der Waals surface area (Å²) in [6.07, 6.45) is 5.44. The Labute approximate surface area is 96.1 Å². The van der Waals surface area contributed by atoms with E-state index in [1.165, 1.54) is 19.3 Å². The molecule has 1 fully saturated rings. The molecule has 1 aliphatic rings. The van der Waals surface area contributed by atoms with E-state index in [0.717, 1.165) is 11.4 Å². The number of nitrogen functional groups attached to an aromatic ring is 1. The van der Waals surface area contributed by atoms with Gasteiger partial charge in [-0.3, -0.25) is 0 Å². The number of hydrogen-bond donors (Lipinski definition) is 2. The van der Waals surface area contributed by atoms with Gasteiger partial charge in [-0.2, -0.15) is 0 Å². The highest BCUT2D eigenvalue weighted by atomic mass is 16.3. The van der Waals surface area contributed by atoms with Crippen molar-refractivity contribution in [2.75, 3.05) is 23.8 Å². The van der Waals surface area contributed by atoms with E-state index >= 15 is 0 Å². The van der Waals surface area contributed by atoms with Gasteiger partial charge >= 0.3 is 0 Å². The zero-order valence-corrected chi connectivity index (χ0v) is 9.69. The summed E-state index contributed by atoms with van der Waals surface area (Å²) in [5.41, 5.74) is 7.76. The molecule has 2 rings (SSSR count). The molecule has 0 atom stereocenters. The normalized spacial score (nSPS) is 15.9. The van der Waals surface area contributed by atoms with E-state index in [9.17, 15) is 0 Å². The van der Waals surface area contributed by atoms with Crippen LogP contribution >= 0.6 is 0 Å². The number of aryl methyl sites for hydroxylation is 1. The minimum atomic E-state index is 0.144. The topological polar surface area (TPSA) is 62.4 Å². The molecule has 1 aliphatic carbocycles. The third-order valence-electron chi connectivity index (χ3n) is 3.16. The van der Waals surface area contributed by atoms with Crippen LogP contribution in [-0.2, 0) is 0 Å². The van der Waals surface area contributed by atoms with Crippen molar-refractivity contribution >= 4 is 11.5 Å². The highest BCUT2D eigenvalue weighted by Crippen LogP contribution is 2.31. The SMILES string of the molecule is Cc1cnc(N(CCO)C2CCC2)c(N)c1. The fourth-order valence-corrected chi connectivity index (χ4v) is 2.09. The van der Waals surface area contributed by atoms with E-state index in [1.807, 2.05) is 19.2 Å². The lowest BCUT2D eigenvalue weighted by Crippen LogP contribution is -2.42. The van der Waals surface area contributed by atoms with Gasteiger partial charge in [-0.1, -0.05) is 0 Å². The van der Waals surface area contributed by atoms with E-state index in [4.69, 9.17) is 10.8 Å². The van der Waals surface area contributed by atoms with Crippen molar-refractivity contribution in [3.63, 3.8) is 0 Å². The zero-order valence-electron chi connectivity index (χ0n) is 9.69. The number of rotatable bonds is 4. The van der Waals surface area contributed by atoms with Crippen LogP contribution < -0.4 is 10.6 Å². The molecule has 0 unspecified atom stereocenters. The van der Waals surface area contributed by atoms with Crippen LogP contribution in [-0.4, -0.2) is 29.3 Å². The van der Waals surface area contributed by atoms with Gasteiger partial charge in [0.2, 0.25) is 0 Å². The minimum Gasteiger partial charge on any atom is -0.396 e.